The Bertz CT molecular complexity index is 466. The summed E-state index contributed by atoms with van der Waals surface area (Å²) in [6.07, 6.45) is 4.40. The molecule has 2 amide bonds. The monoisotopic (exact) mass is 312 g/mol. The van der Waals surface area contributed by atoms with Gasteiger partial charge in [-0.05, 0) is 12.5 Å². The Hall–Kier alpha value is -1.70. The molecule has 0 saturated carbocycles. The molecule has 1 unspecified atom stereocenters. The lowest BCUT2D eigenvalue weighted by Crippen LogP contribution is -2.51. The van der Waals surface area contributed by atoms with Crippen LogP contribution in [0.15, 0.2) is 18.5 Å². The predicted octanol–water partition coefficient (Wildman–Crippen LogP) is 0.875. The molecule has 7 nitrogen and oxygen atoms in total. The Balaban J connectivity index is 1.73. The molecule has 1 aliphatic heterocycles. The van der Waals surface area contributed by atoms with Crippen molar-refractivity contribution in [2.75, 3.05) is 24.6 Å². The van der Waals surface area contributed by atoms with Gasteiger partial charge in [-0.2, -0.15) is 16.9 Å². The standard InChI is InChI=1S/C13H20N4O3S/c18-12(19)9-11-10-21-8-7-17(11)13(20)14-3-1-5-16-6-2-4-15-16/h2,4,6,11H,1,3,5,7-10H2,(H,14,20)(H,18,19). The van der Waals surface area contributed by atoms with Gasteiger partial charge in [0.25, 0.3) is 0 Å². The molecule has 0 spiro atoms. The number of rotatable bonds is 6. The fourth-order valence-electron chi connectivity index (χ4n) is 2.26. The van der Waals surface area contributed by atoms with Gasteiger partial charge in [0.1, 0.15) is 0 Å². The second-order valence-electron chi connectivity index (χ2n) is 4.87. The first kappa shape index (κ1) is 15.7. The van der Waals surface area contributed by atoms with E-state index < -0.39 is 5.97 Å². The minimum atomic E-state index is -0.862. The molecule has 0 aromatic carbocycles. The molecule has 0 bridgehead atoms. The third kappa shape index (κ3) is 4.96. The lowest BCUT2D eigenvalue weighted by molar-refractivity contribution is -0.137. The van der Waals surface area contributed by atoms with E-state index in [1.54, 1.807) is 22.9 Å². The second kappa shape index (κ2) is 7.92. The third-order valence-corrected chi connectivity index (χ3v) is 4.39. The summed E-state index contributed by atoms with van der Waals surface area (Å²) in [7, 11) is 0. The molecule has 0 radical (unpaired) electrons. The zero-order valence-electron chi connectivity index (χ0n) is 11.8. The van der Waals surface area contributed by atoms with Crippen LogP contribution in [-0.4, -0.2) is 62.4 Å². The Kier molecular flexibility index (Phi) is 5.91. The van der Waals surface area contributed by atoms with Crippen molar-refractivity contribution in [2.24, 2.45) is 0 Å². The van der Waals surface area contributed by atoms with E-state index in [2.05, 4.69) is 10.4 Å². The molecule has 2 rings (SSSR count). The molecule has 2 heterocycles. The zero-order valence-corrected chi connectivity index (χ0v) is 12.6. The number of thioether (sulfide) groups is 1. The fraction of sp³-hybridized carbons (Fsp3) is 0.615. The summed E-state index contributed by atoms with van der Waals surface area (Å²) in [5.41, 5.74) is 0. The number of carboxylic acids is 1. The Morgan fingerprint density at radius 1 is 1.48 bits per heavy atom. The van der Waals surface area contributed by atoms with E-state index in [-0.39, 0.29) is 18.5 Å². The van der Waals surface area contributed by atoms with Gasteiger partial charge in [-0.3, -0.25) is 9.48 Å². The highest BCUT2D eigenvalue weighted by Gasteiger charge is 2.28. The van der Waals surface area contributed by atoms with Gasteiger partial charge in [-0.1, -0.05) is 0 Å². The number of nitrogens with one attached hydrogen (secondary N) is 1. The molecule has 0 aliphatic carbocycles. The number of hydrogen-bond donors (Lipinski definition) is 2. The number of aromatic nitrogens is 2. The molecule has 1 aromatic heterocycles. The third-order valence-electron chi connectivity index (χ3n) is 3.30. The van der Waals surface area contributed by atoms with Crippen molar-refractivity contribution >= 4 is 23.8 Å². The number of carbonyl (C=O) groups is 2. The molecule has 8 heteroatoms. The normalized spacial score (nSPS) is 18.5. The predicted molar refractivity (Wildman–Crippen MR) is 80.3 cm³/mol. The van der Waals surface area contributed by atoms with Crippen LogP contribution in [0.1, 0.15) is 12.8 Å². The summed E-state index contributed by atoms with van der Waals surface area (Å²) in [5, 5.41) is 15.9. The number of amides is 2. The lowest BCUT2D eigenvalue weighted by Gasteiger charge is -2.34. The molecular formula is C13H20N4O3S. The maximum absolute atomic E-state index is 12.1. The molecule has 2 N–H and O–H groups in total. The summed E-state index contributed by atoms with van der Waals surface area (Å²) in [6.45, 7) is 1.91. The summed E-state index contributed by atoms with van der Waals surface area (Å²) < 4.78 is 1.82. The highest BCUT2D eigenvalue weighted by molar-refractivity contribution is 7.99. The van der Waals surface area contributed by atoms with Crippen molar-refractivity contribution in [3.63, 3.8) is 0 Å². The molecule has 116 valence electrons. The molecule has 1 atom stereocenters. The minimum absolute atomic E-state index is 0.00765. The first-order chi connectivity index (χ1) is 10.2. The van der Waals surface area contributed by atoms with Crippen LogP contribution in [0.3, 0.4) is 0 Å². The topological polar surface area (TPSA) is 87.5 Å². The SMILES string of the molecule is O=C(O)CC1CSCCN1C(=O)NCCCn1cccn1. The highest BCUT2D eigenvalue weighted by Crippen LogP contribution is 2.19. The van der Waals surface area contributed by atoms with Crippen LogP contribution in [0.4, 0.5) is 4.79 Å². The quantitative estimate of drug-likeness (QED) is 0.761. The van der Waals surface area contributed by atoms with E-state index >= 15 is 0 Å². The minimum Gasteiger partial charge on any atom is -0.481 e. The lowest BCUT2D eigenvalue weighted by atomic mass is 10.2. The molecule has 1 saturated heterocycles. The van der Waals surface area contributed by atoms with Crippen LogP contribution in [0.25, 0.3) is 0 Å². The Morgan fingerprint density at radius 2 is 2.33 bits per heavy atom. The summed E-state index contributed by atoms with van der Waals surface area (Å²) in [5.74, 6) is 0.683. The van der Waals surface area contributed by atoms with Gasteiger partial charge >= 0.3 is 12.0 Å². The van der Waals surface area contributed by atoms with E-state index in [1.807, 2.05) is 16.9 Å². The van der Waals surface area contributed by atoms with Crippen LogP contribution in [0, 0.1) is 0 Å². The average Bonchev–Trinajstić information content (AvgIpc) is 2.96. The molecule has 1 fully saturated rings. The van der Waals surface area contributed by atoms with Crippen molar-refractivity contribution in [2.45, 2.75) is 25.4 Å². The van der Waals surface area contributed by atoms with Crippen molar-refractivity contribution < 1.29 is 14.7 Å². The van der Waals surface area contributed by atoms with E-state index in [4.69, 9.17) is 5.11 Å². The van der Waals surface area contributed by atoms with Gasteiger partial charge in [-0.25, -0.2) is 4.79 Å². The van der Waals surface area contributed by atoms with E-state index in [1.165, 1.54) is 0 Å². The smallest absolute Gasteiger partial charge is 0.317 e. The average molecular weight is 312 g/mol. The van der Waals surface area contributed by atoms with E-state index in [0.29, 0.717) is 18.8 Å². The number of aliphatic carboxylic acids is 1. The van der Waals surface area contributed by atoms with Gasteiger partial charge in [0.2, 0.25) is 0 Å². The van der Waals surface area contributed by atoms with Crippen molar-refractivity contribution in [1.82, 2.24) is 20.0 Å². The molecule has 1 aromatic rings. The number of nitrogens with zero attached hydrogens (tertiary/aromatic N) is 3. The number of aryl methyl sites for hydroxylation is 1. The van der Waals surface area contributed by atoms with E-state index in [0.717, 1.165) is 18.7 Å². The Morgan fingerprint density at radius 3 is 3.05 bits per heavy atom. The second-order valence-corrected chi connectivity index (χ2v) is 6.02. The molecule has 21 heavy (non-hydrogen) atoms. The van der Waals surface area contributed by atoms with Crippen LogP contribution >= 0.6 is 11.8 Å². The number of carboxylic acid groups (broad SMARTS) is 1. The highest BCUT2D eigenvalue weighted by atomic mass is 32.2. The summed E-state index contributed by atoms with van der Waals surface area (Å²) >= 11 is 1.70. The molecular weight excluding hydrogens is 292 g/mol. The van der Waals surface area contributed by atoms with Gasteiger partial charge in [0.15, 0.2) is 0 Å². The summed E-state index contributed by atoms with van der Waals surface area (Å²) in [6, 6.07) is 1.48. The fourth-order valence-corrected chi connectivity index (χ4v) is 3.33. The summed E-state index contributed by atoms with van der Waals surface area (Å²) in [4.78, 5) is 24.6. The largest absolute Gasteiger partial charge is 0.481 e. The van der Waals surface area contributed by atoms with Gasteiger partial charge in [0, 0.05) is 43.5 Å². The zero-order chi connectivity index (χ0) is 15.1. The van der Waals surface area contributed by atoms with Crippen LogP contribution in [-0.2, 0) is 11.3 Å². The first-order valence-corrected chi connectivity index (χ1v) is 8.13. The Labute approximate surface area is 127 Å². The van der Waals surface area contributed by atoms with E-state index in [9.17, 15) is 9.59 Å². The maximum Gasteiger partial charge on any atom is 0.317 e. The maximum atomic E-state index is 12.1. The number of carbonyl (C=O) groups excluding carboxylic acids is 1. The van der Waals surface area contributed by atoms with Gasteiger partial charge in [0.05, 0.1) is 12.5 Å². The van der Waals surface area contributed by atoms with Gasteiger partial charge < -0.3 is 15.3 Å². The van der Waals surface area contributed by atoms with Gasteiger partial charge in [-0.15, -0.1) is 0 Å². The van der Waals surface area contributed by atoms with Crippen molar-refractivity contribution in [1.29, 1.82) is 0 Å². The van der Waals surface area contributed by atoms with Crippen LogP contribution < -0.4 is 5.32 Å². The van der Waals surface area contributed by atoms with Crippen LogP contribution in [0.2, 0.25) is 0 Å². The number of urea groups is 1. The van der Waals surface area contributed by atoms with Crippen molar-refractivity contribution in [3.05, 3.63) is 18.5 Å². The van der Waals surface area contributed by atoms with Crippen LogP contribution in [0.5, 0.6) is 0 Å². The molecule has 1 aliphatic rings. The number of hydrogen-bond acceptors (Lipinski definition) is 4. The first-order valence-electron chi connectivity index (χ1n) is 6.98. The van der Waals surface area contributed by atoms with Crippen molar-refractivity contribution in [3.8, 4) is 0 Å².